The van der Waals surface area contributed by atoms with Gasteiger partial charge >= 0.3 is 10.1 Å². The summed E-state index contributed by atoms with van der Waals surface area (Å²) in [7, 11) is -4.35. The van der Waals surface area contributed by atoms with Crippen molar-refractivity contribution in [3.63, 3.8) is 0 Å². The molecule has 10 nitrogen and oxygen atoms in total. The molecule has 0 bridgehead atoms. The zero-order chi connectivity index (χ0) is 18.6. The lowest BCUT2D eigenvalue weighted by Gasteiger charge is -2.07. The molecule has 0 radical (unpaired) electrons. The summed E-state index contributed by atoms with van der Waals surface area (Å²) < 4.78 is 31.0. The predicted molar refractivity (Wildman–Crippen MR) is 90.4 cm³/mol. The number of nitro benzene ring substituents is 1. The van der Waals surface area contributed by atoms with E-state index in [1.54, 1.807) is 12.1 Å². The quantitative estimate of drug-likeness (QED) is 0.279. The Bertz CT molecular complexity index is 1050. The molecule has 0 aliphatic rings. The third kappa shape index (κ3) is 3.89. The van der Waals surface area contributed by atoms with Crippen LogP contribution < -0.4 is 4.18 Å². The maximum Gasteiger partial charge on any atom is 0.346 e. The Balaban J connectivity index is 1.79. The minimum absolute atomic E-state index is 0.0181. The van der Waals surface area contributed by atoms with Gasteiger partial charge in [-0.2, -0.15) is 13.5 Å². The van der Waals surface area contributed by atoms with Crippen LogP contribution in [-0.4, -0.2) is 34.4 Å². The molecule has 2 aromatic carbocycles. The Kier molecular flexibility index (Phi) is 4.71. The van der Waals surface area contributed by atoms with E-state index in [0.29, 0.717) is 5.56 Å². The highest BCUT2D eigenvalue weighted by Gasteiger charge is 2.27. The van der Waals surface area contributed by atoms with Gasteiger partial charge in [0.15, 0.2) is 4.90 Å². The van der Waals surface area contributed by atoms with Crippen LogP contribution in [0.5, 0.6) is 5.75 Å². The minimum Gasteiger partial charge on any atom is -0.379 e. The van der Waals surface area contributed by atoms with Crippen molar-refractivity contribution in [2.24, 2.45) is 5.10 Å². The minimum atomic E-state index is -4.35. The van der Waals surface area contributed by atoms with Crippen molar-refractivity contribution in [1.82, 2.24) is 14.9 Å². The molecule has 0 aliphatic heterocycles. The third-order valence-corrected chi connectivity index (χ3v) is 4.46. The second-order valence-corrected chi connectivity index (χ2v) is 6.43. The molecule has 11 heteroatoms. The number of aromatic nitrogens is 3. The molecule has 0 unspecified atom stereocenters. The summed E-state index contributed by atoms with van der Waals surface area (Å²) in [5.41, 5.74) is 0.124. The van der Waals surface area contributed by atoms with E-state index in [1.807, 2.05) is 0 Å². The van der Waals surface area contributed by atoms with Gasteiger partial charge in [0.25, 0.3) is 5.69 Å². The number of rotatable bonds is 6. The fourth-order valence-electron chi connectivity index (χ4n) is 1.99. The van der Waals surface area contributed by atoms with Gasteiger partial charge in [0.2, 0.25) is 0 Å². The fourth-order valence-corrected chi connectivity index (χ4v) is 3.09. The molecule has 1 heterocycles. The van der Waals surface area contributed by atoms with Gasteiger partial charge in [-0.1, -0.05) is 12.1 Å². The molecule has 1 aromatic heterocycles. The highest BCUT2D eigenvalue weighted by Crippen LogP contribution is 2.26. The van der Waals surface area contributed by atoms with Crippen LogP contribution in [0.1, 0.15) is 5.56 Å². The van der Waals surface area contributed by atoms with E-state index in [-0.39, 0.29) is 5.75 Å². The number of nitro groups is 1. The summed E-state index contributed by atoms with van der Waals surface area (Å²) in [5, 5.41) is 22.3. The van der Waals surface area contributed by atoms with E-state index < -0.39 is 25.6 Å². The Morgan fingerprint density at radius 1 is 1.08 bits per heavy atom. The molecule has 3 aromatic rings. The summed E-state index contributed by atoms with van der Waals surface area (Å²) in [5.74, 6) is 0.0181. The van der Waals surface area contributed by atoms with E-state index >= 15 is 0 Å². The van der Waals surface area contributed by atoms with E-state index in [9.17, 15) is 18.5 Å². The highest BCUT2D eigenvalue weighted by molar-refractivity contribution is 7.87. The molecule has 0 fully saturated rings. The molecule has 0 amide bonds. The first-order chi connectivity index (χ1) is 12.5. The molecule has 26 heavy (non-hydrogen) atoms. The fraction of sp³-hybridized carbons (Fsp3) is 0. The molecule has 0 spiro atoms. The van der Waals surface area contributed by atoms with Gasteiger partial charge in [-0.25, -0.2) is 4.68 Å². The van der Waals surface area contributed by atoms with Crippen LogP contribution in [0.2, 0.25) is 0 Å². The lowest BCUT2D eigenvalue weighted by Crippen LogP contribution is -2.11. The van der Waals surface area contributed by atoms with Gasteiger partial charge < -0.3 is 4.18 Å². The van der Waals surface area contributed by atoms with E-state index in [4.69, 9.17) is 4.18 Å². The van der Waals surface area contributed by atoms with Gasteiger partial charge in [0.1, 0.15) is 18.4 Å². The van der Waals surface area contributed by atoms with Crippen molar-refractivity contribution in [1.29, 1.82) is 0 Å². The zero-order valence-electron chi connectivity index (χ0n) is 13.0. The number of hydrogen-bond donors (Lipinski definition) is 0. The number of benzene rings is 2. The van der Waals surface area contributed by atoms with Gasteiger partial charge in [-0.15, -0.1) is 10.2 Å². The molecule has 3 rings (SSSR count). The van der Waals surface area contributed by atoms with Crippen molar-refractivity contribution in [3.8, 4) is 5.75 Å². The molecular weight excluding hydrogens is 362 g/mol. The first-order valence-corrected chi connectivity index (χ1v) is 8.53. The molecule has 132 valence electrons. The second kappa shape index (κ2) is 7.11. The van der Waals surface area contributed by atoms with Crippen LogP contribution in [0, 0.1) is 10.1 Å². The summed E-state index contributed by atoms with van der Waals surface area (Å²) in [4.78, 5) is 9.71. The van der Waals surface area contributed by atoms with Gasteiger partial charge in [0.05, 0.1) is 11.1 Å². The van der Waals surface area contributed by atoms with Crippen molar-refractivity contribution in [3.05, 3.63) is 76.9 Å². The van der Waals surface area contributed by atoms with Crippen LogP contribution in [0.15, 0.2) is 71.2 Å². The standard InChI is InChI=1S/C15H11N5O5S/c21-20(22)14-3-1-2-4-15(14)26(23,24)25-13-7-5-12(6-8-13)9-18-19-10-16-17-11-19/h1-11H/b18-9+. The van der Waals surface area contributed by atoms with E-state index in [0.717, 1.165) is 12.1 Å². The highest BCUT2D eigenvalue weighted by atomic mass is 32.2. The lowest BCUT2D eigenvalue weighted by atomic mass is 10.2. The van der Waals surface area contributed by atoms with Crippen LogP contribution in [-0.2, 0) is 10.1 Å². The molecule has 0 saturated heterocycles. The summed E-state index contributed by atoms with van der Waals surface area (Å²) in [6.07, 6.45) is 4.34. The van der Waals surface area contributed by atoms with E-state index in [1.165, 1.54) is 47.8 Å². The molecule has 0 N–H and O–H groups in total. The number of para-hydroxylation sites is 1. The normalized spacial score (nSPS) is 11.5. The number of nitrogens with zero attached hydrogens (tertiary/aromatic N) is 5. The third-order valence-electron chi connectivity index (χ3n) is 3.16. The largest absolute Gasteiger partial charge is 0.379 e. The van der Waals surface area contributed by atoms with Gasteiger partial charge in [-0.3, -0.25) is 10.1 Å². The lowest BCUT2D eigenvalue weighted by molar-refractivity contribution is -0.387. The van der Waals surface area contributed by atoms with Crippen molar-refractivity contribution in [2.45, 2.75) is 4.90 Å². The van der Waals surface area contributed by atoms with Crippen LogP contribution in [0.3, 0.4) is 0 Å². The van der Waals surface area contributed by atoms with Crippen LogP contribution >= 0.6 is 0 Å². The summed E-state index contributed by atoms with van der Waals surface area (Å²) in [6.45, 7) is 0. The average molecular weight is 373 g/mol. The van der Waals surface area contributed by atoms with Crippen molar-refractivity contribution in [2.75, 3.05) is 0 Å². The Hall–Kier alpha value is -3.60. The molecule has 0 atom stereocenters. The van der Waals surface area contributed by atoms with Crippen molar-refractivity contribution < 1.29 is 17.5 Å². The monoisotopic (exact) mass is 373 g/mol. The predicted octanol–water partition coefficient (Wildman–Crippen LogP) is 1.84. The summed E-state index contributed by atoms with van der Waals surface area (Å²) >= 11 is 0. The summed E-state index contributed by atoms with van der Waals surface area (Å²) in [6, 6.07) is 11.0. The Morgan fingerprint density at radius 2 is 1.73 bits per heavy atom. The maximum absolute atomic E-state index is 12.3. The number of hydrogen-bond acceptors (Lipinski definition) is 8. The SMILES string of the molecule is O=[N+]([O-])c1ccccc1S(=O)(=O)Oc1ccc(/C=N/n2cnnc2)cc1. The average Bonchev–Trinajstić information content (AvgIpc) is 3.14. The topological polar surface area (TPSA) is 130 Å². The first-order valence-electron chi connectivity index (χ1n) is 7.13. The van der Waals surface area contributed by atoms with Crippen LogP contribution in [0.25, 0.3) is 0 Å². The Labute approximate surface area is 147 Å². The maximum atomic E-state index is 12.3. The molecule has 0 aliphatic carbocycles. The first kappa shape index (κ1) is 17.2. The van der Waals surface area contributed by atoms with Crippen molar-refractivity contribution >= 4 is 22.0 Å². The van der Waals surface area contributed by atoms with Gasteiger partial charge in [-0.05, 0) is 35.9 Å². The van der Waals surface area contributed by atoms with E-state index in [2.05, 4.69) is 15.3 Å². The van der Waals surface area contributed by atoms with Crippen LogP contribution in [0.4, 0.5) is 5.69 Å². The van der Waals surface area contributed by atoms with Gasteiger partial charge in [0, 0.05) is 6.07 Å². The zero-order valence-corrected chi connectivity index (χ0v) is 13.9. The second-order valence-electron chi connectivity index (χ2n) is 4.92. The Morgan fingerprint density at radius 3 is 2.38 bits per heavy atom. The smallest absolute Gasteiger partial charge is 0.346 e. The molecular formula is C15H11N5O5S. The molecule has 0 saturated carbocycles.